The molecule has 6 heteroatoms. The standard InChI is InChI=1S/C8H10Cl3N3/c1-2-4-12-6-3-5-13-7(14-6)8(9,10)11/h3,5H,2,4H2,1H3,(H,12,13,14). The van der Waals surface area contributed by atoms with E-state index in [4.69, 9.17) is 34.8 Å². The molecule has 0 atom stereocenters. The molecule has 0 aromatic carbocycles. The molecule has 0 bridgehead atoms. The number of nitrogens with zero attached hydrogens (tertiary/aromatic N) is 2. The summed E-state index contributed by atoms with van der Waals surface area (Å²) in [5.41, 5.74) is 0. The Kier molecular flexibility index (Phi) is 4.23. The summed E-state index contributed by atoms with van der Waals surface area (Å²) in [6.45, 7) is 2.89. The first-order chi connectivity index (χ1) is 6.54. The van der Waals surface area contributed by atoms with E-state index in [2.05, 4.69) is 22.2 Å². The first-order valence-corrected chi connectivity index (χ1v) is 5.31. The van der Waals surface area contributed by atoms with Gasteiger partial charge in [0.1, 0.15) is 5.82 Å². The lowest BCUT2D eigenvalue weighted by Gasteiger charge is -2.10. The van der Waals surface area contributed by atoms with Gasteiger partial charge in [-0.1, -0.05) is 41.7 Å². The highest BCUT2D eigenvalue weighted by atomic mass is 35.6. The minimum absolute atomic E-state index is 0.184. The summed E-state index contributed by atoms with van der Waals surface area (Å²) < 4.78 is -1.57. The predicted molar refractivity (Wildman–Crippen MR) is 60.0 cm³/mol. The van der Waals surface area contributed by atoms with Gasteiger partial charge in [0.15, 0.2) is 5.82 Å². The molecule has 0 spiro atoms. The van der Waals surface area contributed by atoms with Crippen LogP contribution in [0.2, 0.25) is 0 Å². The largest absolute Gasteiger partial charge is 0.370 e. The molecule has 0 amide bonds. The second-order valence-corrected chi connectivity index (χ2v) is 4.97. The molecule has 0 saturated heterocycles. The van der Waals surface area contributed by atoms with Crippen molar-refractivity contribution in [1.82, 2.24) is 9.97 Å². The zero-order valence-corrected chi connectivity index (χ0v) is 9.87. The van der Waals surface area contributed by atoms with Crippen LogP contribution in [0.25, 0.3) is 0 Å². The molecule has 14 heavy (non-hydrogen) atoms. The molecule has 1 rings (SSSR count). The van der Waals surface area contributed by atoms with Crippen molar-refractivity contribution in [2.75, 3.05) is 11.9 Å². The molecule has 3 nitrogen and oxygen atoms in total. The van der Waals surface area contributed by atoms with Gasteiger partial charge in [0.05, 0.1) is 0 Å². The molecule has 0 radical (unpaired) electrons. The smallest absolute Gasteiger partial charge is 0.250 e. The maximum atomic E-state index is 5.64. The third-order valence-electron chi connectivity index (χ3n) is 1.47. The monoisotopic (exact) mass is 253 g/mol. The lowest BCUT2D eigenvalue weighted by atomic mass is 10.4. The van der Waals surface area contributed by atoms with E-state index in [1.54, 1.807) is 12.3 Å². The molecule has 0 saturated carbocycles. The van der Waals surface area contributed by atoms with Crippen LogP contribution in [-0.2, 0) is 3.79 Å². The number of alkyl halides is 3. The summed E-state index contributed by atoms with van der Waals surface area (Å²) in [5.74, 6) is 0.853. The molecule has 78 valence electrons. The lowest BCUT2D eigenvalue weighted by Crippen LogP contribution is -2.10. The van der Waals surface area contributed by atoms with Gasteiger partial charge in [-0.15, -0.1) is 0 Å². The Balaban J connectivity index is 2.79. The van der Waals surface area contributed by atoms with E-state index in [-0.39, 0.29) is 5.82 Å². The fourth-order valence-corrected chi connectivity index (χ4v) is 1.12. The molecular formula is C8H10Cl3N3. The van der Waals surface area contributed by atoms with E-state index in [9.17, 15) is 0 Å². The topological polar surface area (TPSA) is 37.8 Å². The Morgan fingerprint density at radius 1 is 1.43 bits per heavy atom. The van der Waals surface area contributed by atoms with Crippen molar-refractivity contribution in [3.05, 3.63) is 18.1 Å². The Bertz CT molecular complexity index is 298. The number of hydrogen-bond donors (Lipinski definition) is 1. The number of aromatic nitrogens is 2. The number of halogens is 3. The highest BCUT2D eigenvalue weighted by Crippen LogP contribution is 2.35. The molecule has 0 aliphatic heterocycles. The minimum Gasteiger partial charge on any atom is -0.370 e. The third-order valence-corrected chi connectivity index (χ3v) is 1.97. The predicted octanol–water partition coefficient (Wildman–Crippen LogP) is 3.13. The lowest BCUT2D eigenvalue weighted by molar-refractivity contribution is 0.931. The molecule has 0 aliphatic carbocycles. The van der Waals surface area contributed by atoms with Gasteiger partial charge < -0.3 is 5.32 Å². The molecule has 0 unspecified atom stereocenters. The second-order valence-electron chi connectivity index (χ2n) is 2.69. The zero-order valence-electron chi connectivity index (χ0n) is 7.60. The van der Waals surface area contributed by atoms with Gasteiger partial charge in [-0.3, -0.25) is 0 Å². The van der Waals surface area contributed by atoms with Crippen molar-refractivity contribution < 1.29 is 0 Å². The van der Waals surface area contributed by atoms with Crippen LogP contribution in [0.5, 0.6) is 0 Å². The molecule has 1 N–H and O–H groups in total. The van der Waals surface area contributed by atoms with Crippen molar-refractivity contribution in [3.63, 3.8) is 0 Å². The summed E-state index contributed by atoms with van der Waals surface area (Å²) >= 11 is 16.9. The van der Waals surface area contributed by atoms with Gasteiger partial charge >= 0.3 is 0 Å². The fraction of sp³-hybridized carbons (Fsp3) is 0.500. The van der Waals surface area contributed by atoms with E-state index >= 15 is 0 Å². The van der Waals surface area contributed by atoms with Gasteiger partial charge in [0, 0.05) is 12.7 Å². The minimum atomic E-state index is -1.57. The number of hydrogen-bond acceptors (Lipinski definition) is 3. The zero-order chi connectivity index (χ0) is 10.6. The maximum absolute atomic E-state index is 5.64. The van der Waals surface area contributed by atoms with E-state index in [0.29, 0.717) is 5.82 Å². The average Bonchev–Trinajstić information content (AvgIpc) is 2.14. The summed E-state index contributed by atoms with van der Waals surface area (Å²) in [5, 5.41) is 3.08. The van der Waals surface area contributed by atoms with Gasteiger partial charge in [0.2, 0.25) is 3.79 Å². The van der Waals surface area contributed by atoms with E-state index in [1.165, 1.54) is 0 Å². The van der Waals surface area contributed by atoms with Crippen LogP contribution in [0.15, 0.2) is 12.3 Å². The van der Waals surface area contributed by atoms with Crippen molar-refractivity contribution in [1.29, 1.82) is 0 Å². The fourth-order valence-electron chi connectivity index (χ4n) is 0.847. The highest BCUT2D eigenvalue weighted by molar-refractivity contribution is 6.66. The molecule has 1 aromatic rings. The van der Waals surface area contributed by atoms with Crippen LogP contribution >= 0.6 is 34.8 Å². The van der Waals surface area contributed by atoms with Crippen LogP contribution in [0.3, 0.4) is 0 Å². The van der Waals surface area contributed by atoms with Crippen LogP contribution in [0.1, 0.15) is 19.2 Å². The van der Waals surface area contributed by atoms with Crippen molar-refractivity contribution >= 4 is 40.6 Å². The van der Waals surface area contributed by atoms with Gasteiger partial charge in [-0.25, -0.2) is 9.97 Å². The normalized spacial score (nSPS) is 11.4. The van der Waals surface area contributed by atoms with Crippen molar-refractivity contribution in [2.24, 2.45) is 0 Å². The Hall–Kier alpha value is -0.250. The quantitative estimate of drug-likeness (QED) is 0.842. The van der Waals surface area contributed by atoms with Gasteiger partial charge in [-0.05, 0) is 12.5 Å². The second kappa shape index (κ2) is 5.01. The Morgan fingerprint density at radius 3 is 2.71 bits per heavy atom. The van der Waals surface area contributed by atoms with E-state index in [1.807, 2.05) is 0 Å². The molecular weight excluding hydrogens is 244 g/mol. The first-order valence-electron chi connectivity index (χ1n) is 4.18. The van der Waals surface area contributed by atoms with Gasteiger partial charge in [0.25, 0.3) is 0 Å². The molecule has 0 aliphatic rings. The Labute approximate surface area is 97.8 Å². The summed E-state index contributed by atoms with van der Waals surface area (Å²) in [6, 6.07) is 1.73. The van der Waals surface area contributed by atoms with Crippen molar-refractivity contribution in [2.45, 2.75) is 17.1 Å². The first kappa shape index (κ1) is 11.8. The molecule has 1 aromatic heterocycles. The Morgan fingerprint density at radius 2 is 2.14 bits per heavy atom. The van der Waals surface area contributed by atoms with Crippen LogP contribution in [0, 0.1) is 0 Å². The SMILES string of the molecule is CCCNc1ccnc(C(Cl)(Cl)Cl)n1. The third kappa shape index (κ3) is 3.48. The van der Waals surface area contributed by atoms with Crippen LogP contribution in [-0.4, -0.2) is 16.5 Å². The highest BCUT2D eigenvalue weighted by Gasteiger charge is 2.26. The maximum Gasteiger partial charge on any atom is 0.250 e. The summed E-state index contributed by atoms with van der Waals surface area (Å²) in [6.07, 6.45) is 2.56. The molecule has 1 heterocycles. The summed E-state index contributed by atoms with van der Waals surface area (Å²) in [7, 11) is 0. The van der Waals surface area contributed by atoms with Crippen LogP contribution in [0.4, 0.5) is 5.82 Å². The van der Waals surface area contributed by atoms with E-state index < -0.39 is 3.79 Å². The number of anilines is 1. The van der Waals surface area contributed by atoms with E-state index in [0.717, 1.165) is 13.0 Å². The van der Waals surface area contributed by atoms with Crippen LogP contribution < -0.4 is 5.32 Å². The number of rotatable bonds is 3. The average molecular weight is 255 g/mol. The van der Waals surface area contributed by atoms with Crippen molar-refractivity contribution in [3.8, 4) is 0 Å². The summed E-state index contributed by atoms with van der Waals surface area (Å²) in [4.78, 5) is 7.94. The number of nitrogens with one attached hydrogen (secondary N) is 1. The molecule has 0 fully saturated rings. The van der Waals surface area contributed by atoms with Gasteiger partial charge in [-0.2, -0.15) is 0 Å².